The fraction of sp³-hybridized carbons (Fsp3) is 0.625. The van der Waals surface area contributed by atoms with Crippen molar-refractivity contribution >= 4 is 0 Å². The van der Waals surface area contributed by atoms with E-state index in [9.17, 15) is 0 Å². The van der Waals surface area contributed by atoms with Gasteiger partial charge >= 0.3 is 0 Å². The standard InChI is InChI=1S/C8H13N/c1-5-8(3,4)7(2)6-9/h5,7H,1H2,2-4H3/t7-/m0/s1. The molecule has 0 aromatic heterocycles. The Kier molecular flexibility index (Phi) is 2.45. The van der Waals surface area contributed by atoms with Crippen LogP contribution < -0.4 is 0 Å². The monoisotopic (exact) mass is 123 g/mol. The predicted octanol–water partition coefficient (Wildman–Crippen LogP) is 2.36. The summed E-state index contributed by atoms with van der Waals surface area (Å²) in [5, 5.41) is 8.50. The minimum absolute atomic E-state index is 0.0469. The third-order valence-corrected chi connectivity index (χ3v) is 1.84. The van der Waals surface area contributed by atoms with Gasteiger partial charge in [0.15, 0.2) is 0 Å². The van der Waals surface area contributed by atoms with Crippen LogP contribution in [-0.4, -0.2) is 0 Å². The molecule has 0 aliphatic heterocycles. The smallest absolute Gasteiger partial charge is 0.0661 e. The van der Waals surface area contributed by atoms with E-state index in [1.807, 2.05) is 26.8 Å². The SMILES string of the molecule is C=CC(C)(C)[C@@H](C)C#N. The van der Waals surface area contributed by atoms with Crippen molar-refractivity contribution in [2.45, 2.75) is 20.8 Å². The Morgan fingerprint density at radius 1 is 1.67 bits per heavy atom. The lowest BCUT2D eigenvalue weighted by Gasteiger charge is -2.21. The van der Waals surface area contributed by atoms with E-state index < -0.39 is 0 Å². The first-order valence-electron chi connectivity index (χ1n) is 3.08. The van der Waals surface area contributed by atoms with Crippen molar-refractivity contribution in [1.29, 1.82) is 5.26 Å². The zero-order chi connectivity index (χ0) is 7.49. The molecule has 0 spiro atoms. The molecule has 1 nitrogen and oxygen atoms in total. The summed E-state index contributed by atoms with van der Waals surface area (Å²) in [6.07, 6.45) is 1.82. The summed E-state index contributed by atoms with van der Waals surface area (Å²) < 4.78 is 0. The Balaban J connectivity index is 4.17. The summed E-state index contributed by atoms with van der Waals surface area (Å²) in [4.78, 5) is 0. The Hall–Kier alpha value is -0.770. The molecular weight excluding hydrogens is 110 g/mol. The maximum atomic E-state index is 8.50. The summed E-state index contributed by atoms with van der Waals surface area (Å²) in [6, 6.07) is 2.18. The van der Waals surface area contributed by atoms with E-state index in [-0.39, 0.29) is 11.3 Å². The van der Waals surface area contributed by atoms with Crippen LogP contribution in [0.4, 0.5) is 0 Å². The van der Waals surface area contributed by atoms with Crippen molar-refractivity contribution < 1.29 is 0 Å². The molecule has 0 saturated heterocycles. The van der Waals surface area contributed by atoms with Crippen LogP contribution in [-0.2, 0) is 0 Å². The van der Waals surface area contributed by atoms with Crippen LogP contribution in [0.2, 0.25) is 0 Å². The lowest BCUT2D eigenvalue weighted by Crippen LogP contribution is -2.16. The van der Waals surface area contributed by atoms with Gasteiger partial charge in [-0.1, -0.05) is 19.9 Å². The maximum absolute atomic E-state index is 8.50. The Labute approximate surface area is 57.0 Å². The molecule has 9 heavy (non-hydrogen) atoms. The zero-order valence-electron chi connectivity index (χ0n) is 6.31. The van der Waals surface area contributed by atoms with Gasteiger partial charge in [0.1, 0.15) is 0 Å². The maximum Gasteiger partial charge on any atom is 0.0661 e. The van der Waals surface area contributed by atoms with Crippen LogP contribution >= 0.6 is 0 Å². The number of nitriles is 1. The van der Waals surface area contributed by atoms with Crippen LogP contribution in [0.1, 0.15) is 20.8 Å². The normalized spacial score (nSPS) is 14.0. The van der Waals surface area contributed by atoms with Crippen LogP contribution in [0.3, 0.4) is 0 Å². The van der Waals surface area contributed by atoms with E-state index in [2.05, 4.69) is 12.6 Å². The average Bonchev–Trinajstić information content (AvgIpc) is 1.86. The van der Waals surface area contributed by atoms with E-state index in [0.717, 1.165) is 0 Å². The summed E-state index contributed by atoms with van der Waals surface area (Å²) >= 11 is 0. The van der Waals surface area contributed by atoms with Gasteiger partial charge < -0.3 is 0 Å². The van der Waals surface area contributed by atoms with Gasteiger partial charge in [0.25, 0.3) is 0 Å². The Bertz CT molecular complexity index is 139. The third kappa shape index (κ3) is 1.89. The van der Waals surface area contributed by atoms with Crippen molar-refractivity contribution in [1.82, 2.24) is 0 Å². The van der Waals surface area contributed by atoms with Crippen molar-refractivity contribution in [2.24, 2.45) is 11.3 Å². The lowest BCUT2D eigenvalue weighted by atomic mass is 9.81. The quantitative estimate of drug-likeness (QED) is 0.517. The van der Waals surface area contributed by atoms with Crippen LogP contribution in [0, 0.1) is 22.7 Å². The molecular formula is C8H13N. The molecule has 0 saturated carbocycles. The number of nitrogens with zero attached hydrogens (tertiary/aromatic N) is 1. The first-order valence-corrected chi connectivity index (χ1v) is 3.08. The van der Waals surface area contributed by atoms with Crippen molar-refractivity contribution in [3.63, 3.8) is 0 Å². The Morgan fingerprint density at radius 3 is 2.22 bits per heavy atom. The fourth-order valence-corrected chi connectivity index (χ4v) is 0.343. The van der Waals surface area contributed by atoms with Gasteiger partial charge in [-0.3, -0.25) is 0 Å². The van der Waals surface area contributed by atoms with Gasteiger partial charge in [0.2, 0.25) is 0 Å². The first kappa shape index (κ1) is 8.23. The molecule has 0 unspecified atom stereocenters. The predicted molar refractivity (Wildman–Crippen MR) is 38.8 cm³/mol. The van der Waals surface area contributed by atoms with E-state index >= 15 is 0 Å². The van der Waals surface area contributed by atoms with E-state index in [1.54, 1.807) is 0 Å². The Morgan fingerprint density at radius 2 is 2.11 bits per heavy atom. The summed E-state index contributed by atoms with van der Waals surface area (Å²) in [5.41, 5.74) is -0.0469. The number of hydrogen-bond acceptors (Lipinski definition) is 1. The second-order valence-electron chi connectivity index (χ2n) is 2.88. The highest BCUT2D eigenvalue weighted by molar-refractivity contribution is 4.99. The van der Waals surface area contributed by atoms with Gasteiger partial charge in [-0.05, 0) is 12.3 Å². The van der Waals surface area contributed by atoms with Gasteiger partial charge in [0, 0.05) is 0 Å². The lowest BCUT2D eigenvalue weighted by molar-refractivity contribution is 0.377. The highest BCUT2D eigenvalue weighted by atomic mass is 14.3. The molecule has 0 bridgehead atoms. The van der Waals surface area contributed by atoms with Crippen molar-refractivity contribution in [3.05, 3.63) is 12.7 Å². The van der Waals surface area contributed by atoms with E-state index in [4.69, 9.17) is 5.26 Å². The molecule has 0 aromatic carbocycles. The minimum Gasteiger partial charge on any atom is -0.198 e. The molecule has 0 aliphatic rings. The fourth-order valence-electron chi connectivity index (χ4n) is 0.343. The largest absolute Gasteiger partial charge is 0.198 e. The number of allylic oxidation sites excluding steroid dienone is 1. The number of rotatable bonds is 2. The highest BCUT2D eigenvalue weighted by Crippen LogP contribution is 2.26. The second-order valence-corrected chi connectivity index (χ2v) is 2.88. The first-order chi connectivity index (χ1) is 4.04. The topological polar surface area (TPSA) is 23.8 Å². The molecule has 0 amide bonds. The van der Waals surface area contributed by atoms with E-state index in [0.29, 0.717) is 0 Å². The molecule has 0 N–H and O–H groups in total. The molecule has 0 radical (unpaired) electrons. The van der Waals surface area contributed by atoms with Gasteiger partial charge in [-0.2, -0.15) is 5.26 Å². The van der Waals surface area contributed by atoms with Crippen LogP contribution in [0.15, 0.2) is 12.7 Å². The van der Waals surface area contributed by atoms with E-state index in [1.165, 1.54) is 0 Å². The molecule has 0 aromatic rings. The highest BCUT2D eigenvalue weighted by Gasteiger charge is 2.20. The summed E-state index contributed by atoms with van der Waals surface area (Å²) in [6.45, 7) is 9.57. The molecule has 0 rings (SSSR count). The summed E-state index contributed by atoms with van der Waals surface area (Å²) in [5.74, 6) is 0.0509. The van der Waals surface area contributed by atoms with Crippen LogP contribution in [0.5, 0.6) is 0 Å². The summed E-state index contributed by atoms with van der Waals surface area (Å²) in [7, 11) is 0. The van der Waals surface area contributed by atoms with Gasteiger partial charge in [-0.15, -0.1) is 6.58 Å². The van der Waals surface area contributed by atoms with Crippen LogP contribution in [0.25, 0.3) is 0 Å². The number of hydrogen-bond donors (Lipinski definition) is 0. The minimum atomic E-state index is -0.0469. The molecule has 0 heterocycles. The average molecular weight is 123 g/mol. The third-order valence-electron chi connectivity index (χ3n) is 1.84. The molecule has 1 heteroatoms. The molecule has 0 fully saturated rings. The van der Waals surface area contributed by atoms with Crippen molar-refractivity contribution in [3.8, 4) is 6.07 Å². The van der Waals surface area contributed by atoms with Gasteiger partial charge in [-0.25, -0.2) is 0 Å². The van der Waals surface area contributed by atoms with Crippen molar-refractivity contribution in [2.75, 3.05) is 0 Å². The molecule has 50 valence electrons. The van der Waals surface area contributed by atoms with Gasteiger partial charge in [0.05, 0.1) is 12.0 Å². The zero-order valence-corrected chi connectivity index (χ0v) is 6.31. The second kappa shape index (κ2) is 2.68. The molecule has 0 aliphatic carbocycles. The molecule has 1 atom stereocenters.